The summed E-state index contributed by atoms with van der Waals surface area (Å²) in [6.07, 6.45) is 2.23. The summed E-state index contributed by atoms with van der Waals surface area (Å²) in [5.41, 5.74) is 2.70. The van der Waals surface area contributed by atoms with Crippen molar-refractivity contribution in [1.82, 2.24) is 14.5 Å². The summed E-state index contributed by atoms with van der Waals surface area (Å²) >= 11 is 0. The number of aromatic nitrogens is 2. The predicted molar refractivity (Wildman–Crippen MR) is 102 cm³/mol. The van der Waals surface area contributed by atoms with Crippen LogP contribution in [0.15, 0.2) is 39.9 Å². The standard InChI is InChI=1S/C20H29N3O2/c1-6-7-15-8-10-16(11-9-15)19(14(2)3)21-13-17-12-18(24)23(5)20(25)22(17)4/h8-12,14,19,21H,6-7,13H2,1-5H3/t19-/m0/s1. The number of rotatable bonds is 7. The zero-order valence-electron chi connectivity index (χ0n) is 15.9. The normalized spacial score (nSPS) is 12.6. The fraction of sp³-hybridized carbons (Fsp3) is 0.500. The van der Waals surface area contributed by atoms with Crippen LogP contribution in [0.2, 0.25) is 0 Å². The SMILES string of the molecule is CCCc1ccc([C@@H](NCc2cc(=O)n(C)c(=O)n2C)C(C)C)cc1. The van der Waals surface area contributed by atoms with Crippen molar-refractivity contribution in [2.24, 2.45) is 20.0 Å². The second kappa shape index (κ2) is 8.30. The first-order valence-corrected chi connectivity index (χ1v) is 8.93. The average Bonchev–Trinajstić information content (AvgIpc) is 2.59. The molecular formula is C20H29N3O2. The third kappa shape index (κ3) is 4.48. The highest BCUT2D eigenvalue weighted by Gasteiger charge is 2.16. The molecule has 0 aliphatic carbocycles. The van der Waals surface area contributed by atoms with Gasteiger partial charge in [-0.15, -0.1) is 0 Å². The van der Waals surface area contributed by atoms with Crippen LogP contribution < -0.4 is 16.6 Å². The van der Waals surface area contributed by atoms with Crippen LogP contribution in [0.3, 0.4) is 0 Å². The van der Waals surface area contributed by atoms with Crippen molar-refractivity contribution in [3.8, 4) is 0 Å². The zero-order chi connectivity index (χ0) is 18.6. The molecule has 1 heterocycles. The lowest BCUT2D eigenvalue weighted by Crippen LogP contribution is -2.39. The van der Waals surface area contributed by atoms with E-state index in [4.69, 9.17) is 0 Å². The minimum atomic E-state index is -0.297. The van der Waals surface area contributed by atoms with Gasteiger partial charge in [0.15, 0.2) is 0 Å². The summed E-state index contributed by atoms with van der Waals surface area (Å²) < 4.78 is 2.64. The Labute approximate surface area is 149 Å². The molecule has 0 radical (unpaired) electrons. The molecule has 1 N–H and O–H groups in total. The van der Waals surface area contributed by atoms with Gasteiger partial charge in [-0.25, -0.2) is 4.79 Å². The Hall–Kier alpha value is -2.14. The quantitative estimate of drug-likeness (QED) is 0.840. The summed E-state index contributed by atoms with van der Waals surface area (Å²) in [4.78, 5) is 23.9. The number of nitrogens with one attached hydrogen (secondary N) is 1. The van der Waals surface area contributed by atoms with Gasteiger partial charge in [0, 0.05) is 38.4 Å². The van der Waals surface area contributed by atoms with Gasteiger partial charge < -0.3 is 5.32 Å². The molecule has 1 aromatic carbocycles. The number of benzene rings is 1. The van der Waals surface area contributed by atoms with E-state index < -0.39 is 0 Å². The molecule has 0 unspecified atom stereocenters. The third-order valence-electron chi connectivity index (χ3n) is 4.67. The van der Waals surface area contributed by atoms with Crippen LogP contribution in [-0.4, -0.2) is 9.13 Å². The minimum absolute atomic E-state index is 0.162. The van der Waals surface area contributed by atoms with E-state index in [0.717, 1.165) is 17.4 Å². The van der Waals surface area contributed by atoms with Crippen LogP contribution in [0.25, 0.3) is 0 Å². The summed E-state index contributed by atoms with van der Waals surface area (Å²) in [7, 11) is 3.19. The van der Waals surface area contributed by atoms with Crippen LogP contribution >= 0.6 is 0 Å². The monoisotopic (exact) mass is 343 g/mol. The largest absolute Gasteiger partial charge is 0.330 e. The highest BCUT2D eigenvalue weighted by molar-refractivity contribution is 5.25. The molecule has 0 aliphatic heterocycles. The van der Waals surface area contributed by atoms with E-state index in [0.29, 0.717) is 18.2 Å². The second-order valence-corrected chi connectivity index (χ2v) is 6.97. The maximum Gasteiger partial charge on any atom is 0.330 e. The molecule has 1 atom stereocenters. The van der Waals surface area contributed by atoms with Gasteiger partial charge in [0.1, 0.15) is 0 Å². The molecule has 0 spiro atoms. The number of aryl methyl sites for hydroxylation is 1. The van der Waals surface area contributed by atoms with Crippen molar-refractivity contribution in [3.05, 3.63) is 68.0 Å². The molecule has 136 valence electrons. The van der Waals surface area contributed by atoms with Crippen LogP contribution in [0, 0.1) is 5.92 Å². The van der Waals surface area contributed by atoms with Crippen molar-refractivity contribution < 1.29 is 0 Å². The van der Waals surface area contributed by atoms with E-state index in [-0.39, 0.29) is 17.3 Å². The highest BCUT2D eigenvalue weighted by atomic mass is 16.2. The summed E-state index contributed by atoms with van der Waals surface area (Å²) in [5, 5.41) is 3.51. The fourth-order valence-corrected chi connectivity index (χ4v) is 3.08. The van der Waals surface area contributed by atoms with E-state index in [9.17, 15) is 9.59 Å². The topological polar surface area (TPSA) is 56.0 Å². The fourth-order valence-electron chi connectivity index (χ4n) is 3.08. The van der Waals surface area contributed by atoms with E-state index in [1.54, 1.807) is 7.05 Å². The molecule has 2 rings (SSSR count). The molecule has 0 bridgehead atoms. The van der Waals surface area contributed by atoms with Crippen LogP contribution in [0.1, 0.15) is 50.1 Å². The molecule has 1 aromatic heterocycles. The lowest BCUT2D eigenvalue weighted by atomic mass is 9.94. The Morgan fingerprint density at radius 3 is 2.24 bits per heavy atom. The number of hydrogen-bond acceptors (Lipinski definition) is 3. The average molecular weight is 343 g/mol. The molecular weight excluding hydrogens is 314 g/mol. The molecule has 0 amide bonds. The third-order valence-corrected chi connectivity index (χ3v) is 4.67. The molecule has 0 saturated carbocycles. The number of hydrogen-bond donors (Lipinski definition) is 1. The van der Waals surface area contributed by atoms with Crippen molar-refractivity contribution >= 4 is 0 Å². The second-order valence-electron chi connectivity index (χ2n) is 6.97. The van der Waals surface area contributed by atoms with Gasteiger partial charge in [-0.1, -0.05) is 51.5 Å². The van der Waals surface area contributed by atoms with Gasteiger partial charge in [0.25, 0.3) is 5.56 Å². The first kappa shape index (κ1) is 19.2. The van der Waals surface area contributed by atoms with Crippen LogP contribution in [0.5, 0.6) is 0 Å². The lowest BCUT2D eigenvalue weighted by Gasteiger charge is -2.24. The van der Waals surface area contributed by atoms with Crippen molar-refractivity contribution in [3.63, 3.8) is 0 Å². The Morgan fingerprint density at radius 1 is 1.04 bits per heavy atom. The van der Waals surface area contributed by atoms with Crippen LogP contribution in [0.4, 0.5) is 0 Å². The van der Waals surface area contributed by atoms with Crippen LogP contribution in [-0.2, 0) is 27.1 Å². The molecule has 0 fully saturated rings. The minimum Gasteiger partial charge on any atom is -0.304 e. The maximum absolute atomic E-state index is 12.1. The molecule has 25 heavy (non-hydrogen) atoms. The Kier molecular flexibility index (Phi) is 6.37. The number of nitrogens with zero attached hydrogens (tertiary/aromatic N) is 2. The van der Waals surface area contributed by atoms with E-state index in [2.05, 4.69) is 50.4 Å². The van der Waals surface area contributed by atoms with Gasteiger partial charge in [-0.05, 0) is 23.5 Å². The van der Waals surface area contributed by atoms with Gasteiger partial charge in [0.05, 0.1) is 0 Å². The van der Waals surface area contributed by atoms with Gasteiger partial charge in [-0.2, -0.15) is 0 Å². The van der Waals surface area contributed by atoms with Gasteiger partial charge >= 0.3 is 5.69 Å². The Bertz CT molecular complexity index is 816. The lowest BCUT2D eigenvalue weighted by molar-refractivity contribution is 0.403. The van der Waals surface area contributed by atoms with Crippen molar-refractivity contribution in [1.29, 1.82) is 0 Å². The van der Waals surface area contributed by atoms with E-state index in [1.165, 1.54) is 28.8 Å². The van der Waals surface area contributed by atoms with E-state index in [1.807, 2.05) is 0 Å². The highest BCUT2D eigenvalue weighted by Crippen LogP contribution is 2.22. The van der Waals surface area contributed by atoms with Gasteiger partial charge in [0.2, 0.25) is 0 Å². The molecule has 5 nitrogen and oxygen atoms in total. The predicted octanol–water partition coefficient (Wildman–Crippen LogP) is 2.52. The summed E-state index contributed by atoms with van der Waals surface area (Å²) in [6, 6.07) is 10.4. The molecule has 0 saturated heterocycles. The molecule has 2 aromatic rings. The Morgan fingerprint density at radius 2 is 1.68 bits per heavy atom. The van der Waals surface area contributed by atoms with Crippen molar-refractivity contribution in [2.75, 3.05) is 0 Å². The van der Waals surface area contributed by atoms with Crippen molar-refractivity contribution in [2.45, 2.75) is 46.2 Å². The maximum atomic E-state index is 12.1. The summed E-state index contributed by atoms with van der Waals surface area (Å²) in [5.74, 6) is 0.389. The van der Waals surface area contributed by atoms with E-state index >= 15 is 0 Å². The molecule has 5 heteroatoms. The summed E-state index contributed by atoms with van der Waals surface area (Å²) in [6.45, 7) is 6.99. The molecule has 0 aliphatic rings. The Balaban J connectivity index is 2.21. The zero-order valence-corrected chi connectivity index (χ0v) is 15.9. The first-order chi connectivity index (χ1) is 11.8. The first-order valence-electron chi connectivity index (χ1n) is 8.93. The van der Waals surface area contributed by atoms with Gasteiger partial charge in [-0.3, -0.25) is 13.9 Å². The smallest absolute Gasteiger partial charge is 0.304 e.